The minimum atomic E-state index is -1.14. The Kier molecular flexibility index (Phi) is 7.10. The van der Waals surface area contributed by atoms with E-state index >= 15 is 0 Å². The van der Waals surface area contributed by atoms with Crippen LogP contribution >= 0.6 is 0 Å². The Morgan fingerprint density at radius 1 is 1.21 bits per heavy atom. The third-order valence-electron chi connectivity index (χ3n) is 2.94. The van der Waals surface area contributed by atoms with E-state index in [1.807, 2.05) is 6.07 Å². The lowest BCUT2D eigenvalue weighted by Crippen LogP contribution is -3.11. The first-order valence-corrected chi connectivity index (χ1v) is 6.29. The molecule has 0 aliphatic carbocycles. The van der Waals surface area contributed by atoms with Gasteiger partial charge in [0, 0.05) is 19.8 Å². The summed E-state index contributed by atoms with van der Waals surface area (Å²) in [6.07, 6.45) is 0. The van der Waals surface area contributed by atoms with E-state index in [0.29, 0.717) is 13.2 Å². The zero-order valence-electron chi connectivity index (χ0n) is 11.5. The highest BCUT2D eigenvalue weighted by Crippen LogP contribution is 2.03. The van der Waals surface area contributed by atoms with Crippen molar-refractivity contribution in [1.29, 1.82) is 0 Å². The van der Waals surface area contributed by atoms with Gasteiger partial charge >= 0.3 is 0 Å². The van der Waals surface area contributed by atoms with Gasteiger partial charge in [-0.3, -0.25) is 0 Å². The van der Waals surface area contributed by atoms with E-state index in [4.69, 9.17) is 9.47 Å². The summed E-state index contributed by atoms with van der Waals surface area (Å²) in [5, 5.41) is 10.8. The van der Waals surface area contributed by atoms with Crippen molar-refractivity contribution in [2.45, 2.75) is 6.54 Å². The van der Waals surface area contributed by atoms with Gasteiger partial charge < -0.3 is 24.3 Å². The van der Waals surface area contributed by atoms with Gasteiger partial charge in [0.05, 0.1) is 19.2 Å². The van der Waals surface area contributed by atoms with Crippen LogP contribution < -0.4 is 10.0 Å². The van der Waals surface area contributed by atoms with Crippen molar-refractivity contribution in [1.82, 2.24) is 0 Å². The first kappa shape index (κ1) is 15.6. The molecule has 1 aromatic carbocycles. The number of nitrogens with one attached hydrogen (secondary N) is 1. The molecule has 1 aromatic rings. The van der Waals surface area contributed by atoms with E-state index in [0.717, 1.165) is 25.2 Å². The molecular formula is C14H21NO4. The Morgan fingerprint density at radius 2 is 1.84 bits per heavy atom. The van der Waals surface area contributed by atoms with E-state index in [-0.39, 0.29) is 5.56 Å². The molecule has 0 saturated heterocycles. The van der Waals surface area contributed by atoms with Gasteiger partial charge in [-0.15, -0.1) is 0 Å². The topological polar surface area (TPSA) is 63.0 Å². The van der Waals surface area contributed by atoms with Gasteiger partial charge in [-0.2, -0.15) is 0 Å². The molecule has 0 bridgehead atoms. The normalized spacial score (nSPS) is 10.9. The molecule has 0 fully saturated rings. The van der Waals surface area contributed by atoms with Gasteiger partial charge in [0.1, 0.15) is 19.6 Å². The number of carbonyl (C=O) groups is 1. The van der Waals surface area contributed by atoms with Crippen LogP contribution in [0.3, 0.4) is 0 Å². The zero-order chi connectivity index (χ0) is 14.1. The highest BCUT2D eigenvalue weighted by atomic mass is 16.5. The second kappa shape index (κ2) is 8.63. The Bertz CT molecular complexity index is 387. The van der Waals surface area contributed by atoms with E-state index in [9.17, 15) is 9.90 Å². The first-order chi connectivity index (χ1) is 9.17. The molecule has 106 valence electrons. The molecule has 0 aromatic heterocycles. The molecule has 0 radical (unpaired) electrons. The molecule has 0 heterocycles. The lowest BCUT2D eigenvalue weighted by Gasteiger charge is -2.19. The summed E-state index contributed by atoms with van der Waals surface area (Å²) in [6.45, 7) is 3.79. The van der Waals surface area contributed by atoms with Crippen molar-refractivity contribution in [3.05, 3.63) is 35.4 Å². The van der Waals surface area contributed by atoms with E-state index < -0.39 is 5.97 Å². The van der Waals surface area contributed by atoms with Gasteiger partial charge in [0.15, 0.2) is 0 Å². The molecule has 1 rings (SSSR count). The van der Waals surface area contributed by atoms with Crippen LogP contribution in [0, 0.1) is 0 Å². The molecule has 19 heavy (non-hydrogen) atoms. The van der Waals surface area contributed by atoms with Gasteiger partial charge in [0.25, 0.3) is 0 Å². The molecule has 0 spiro atoms. The van der Waals surface area contributed by atoms with Gasteiger partial charge in [-0.05, 0) is 11.6 Å². The third-order valence-corrected chi connectivity index (χ3v) is 2.94. The number of carboxylic acid groups (broad SMARTS) is 1. The van der Waals surface area contributed by atoms with Gasteiger partial charge in [-0.25, -0.2) is 0 Å². The average Bonchev–Trinajstić information content (AvgIpc) is 2.42. The maximum Gasteiger partial charge on any atom is 0.103 e. The van der Waals surface area contributed by atoms with E-state index in [2.05, 4.69) is 0 Å². The Labute approximate surface area is 113 Å². The number of benzene rings is 1. The van der Waals surface area contributed by atoms with Crippen LogP contribution in [0.2, 0.25) is 0 Å². The Balaban J connectivity index is 2.65. The molecule has 5 nitrogen and oxygen atoms in total. The van der Waals surface area contributed by atoms with E-state index in [1.54, 1.807) is 32.4 Å². The molecule has 0 amide bonds. The average molecular weight is 267 g/mol. The van der Waals surface area contributed by atoms with Crippen LogP contribution in [0.4, 0.5) is 0 Å². The van der Waals surface area contributed by atoms with Crippen molar-refractivity contribution in [3.63, 3.8) is 0 Å². The van der Waals surface area contributed by atoms with Crippen LogP contribution in [0.1, 0.15) is 15.9 Å². The van der Waals surface area contributed by atoms with Crippen molar-refractivity contribution >= 4 is 5.97 Å². The fourth-order valence-electron chi connectivity index (χ4n) is 1.89. The lowest BCUT2D eigenvalue weighted by atomic mass is 10.1. The van der Waals surface area contributed by atoms with Gasteiger partial charge in [-0.1, -0.05) is 18.2 Å². The summed E-state index contributed by atoms with van der Waals surface area (Å²) in [6, 6.07) is 6.87. The first-order valence-electron chi connectivity index (χ1n) is 6.29. The minimum Gasteiger partial charge on any atom is -0.545 e. The van der Waals surface area contributed by atoms with Crippen LogP contribution in [0.5, 0.6) is 0 Å². The van der Waals surface area contributed by atoms with Crippen molar-refractivity contribution in [2.24, 2.45) is 0 Å². The number of hydrogen-bond acceptors (Lipinski definition) is 4. The van der Waals surface area contributed by atoms with Crippen LogP contribution in [-0.4, -0.2) is 46.5 Å². The van der Waals surface area contributed by atoms with Crippen molar-refractivity contribution < 1.29 is 24.3 Å². The summed E-state index contributed by atoms with van der Waals surface area (Å²) >= 11 is 0. The monoisotopic (exact) mass is 267 g/mol. The van der Waals surface area contributed by atoms with Crippen LogP contribution in [-0.2, 0) is 16.0 Å². The highest BCUT2D eigenvalue weighted by molar-refractivity contribution is 5.85. The SMILES string of the molecule is COCC[NH+](CCOC)Cc1cccc(C(=O)[O-])c1. The predicted molar refractivity (Wildman–Crippen MR) is 68.9 cm³/mol. The number of carbonyl (C=O) groups excluding carboxylic acids is 1. The van der Waals surface area contributed by atoms with E-state index in [1.165, 1.54) is 4.90 Å². The lowest BCUT2D eigenvalue weighted by molar-refractivity contribution is -0.914. The number of ether oxygens (including phenoxy) is 2. The quantitative estimate of drug-likeness (QED) is 0.606. The Hall–Kier alpha value is -1.43. The van der Waals surface area contributed by atoms with Gasteiger partial charge in [0.2, 0.25) is 0 Å². The number of methoxy groups -OCH3 is 2. The number of aromatic carboxylic acids is 1. The number of rotatable bonds is 9. The summed E-state index contributed by atoms with van der Waals surface area (Å²) < 4.78 is 10.2. The maximum absolute atomic E-state index is 10.8. The molecule has 1 N–H and O–H groups in total. The predicted octanol–water partition coefficient (Wildman–Crippen LogP) is -1.27. The van der Waals surface area contributed by atoms with Crippen molar-refractivity contribution in [3.8, 4) is 0 Å². The second-order valence-corrected chi connectivity index (χ2v) is 4.40. The number of carboxylic acids is 1. The summed E-state index contributed by atoms with van der Waals surface area (Å²) in [7, 11) is 3.34. The summed E-state index contributed by atoms with van der Waals surface area (Å²) in [5.74, 6) is -1.14. The summed E-state index contributed by atoms with van der Waals surface area (Å²) in [4.78, 5) is 12.1. The third kappa shape index (κ3) is 5.83. The van der Waals surface area contributed by atoms with Crippen LogP contribution in [0.25, 0.3) is 0 Å². The highest BCUT2D eigenvalue weighted by Gasteiger charge is 2.09. The minimum absolute atomic E-state index is 0.218. The molecule has 0 unspecified atom stereocenters. The Morgan fingerprint density at radius 3 is 2.37 bits per heavy atom. The van der Waals surface area contributed by atoms with Crippen molar-refractivity contribution in [2.75, 3.05) is 40.5 Å². The smallest absolute Gasteiger partial charge is 0.103 e. The zero-order valence-corrected chi connectivity index (χ0v) is 11.5. The van der Waals surface area contributed by atoms with Crippen LogP contribution in [0.15, 0.2) is 24.3 Å². The molecule has 0 aliphatic heterocycles. The second-order valence-electron chi connectivity index (χ2n) is 4.40. The standard InChI is InChI=1S/C14H21NO4/c1-18-8-6-15(7-9-19-2)11-12-4-3-5-13(10-12)14(16)17/h3-5,10H,6-9,11H2,1-2H3,(H,16,17). The summed E-state index contributed by atoms with van der Waals surface area (Å²) in [5.41, 5.74) is 1.19. The maximum atomic E-state index is 10.8. The fourth-order valence-corrected chi connectivity index (χ4v) is 1.89. The molecular weight excluding hydrogens is 246 g/mol. The molecule has 0 atom stereocenters. The molecule has 0 aliphatic rings. The number of quaternary nitrogens is 1. The molecule has 0 saturated carbocycles. The fraction of sp³-hybridized carbons (Fsp3) is 0.500. The molecule has 5 heteroatoms. The number of hydrogen-bond donors (Lipinski definition) is 1. The largest absolute Gasteiger partial charge is 0.545 e.